The monoisotopic (exact) mass is 226 g/mol. The van der Waals surface area contributed by atoms with Crippen molar-refractivity contribution in [3.05, 3.63) is 11.8 Å². The van der Waals surface area contributed by atoms with Gasteiger partial charge in [-0.15, -0.1) is 0 Å². The predicted octanol–water partition coefficient (Wildman–Crippen LogP) is -0.373. The Hall–Kier alpha value is -2.05. The summed E-state index contributed by atoms with van der Waals surface area (Å²) in [6, 6.07) is 1.42. The van der Waals surface area contributed by atoms with Gasteiger partial charge in [-0.25, -0.2) is 0 Å². The van der Waals surface area contributed by atoms with Crippen molar-refractivity contribution < 1.29 is 14.3 Å². The molecule has 1 rings (SSSR count). The second-order valence-corrected chi connectivity index (χ2v) is 3.10. The van der Waals surface area contributed by atoms with Crippen molar-refractivity contribution in [2.24, 2.45) is 0 Å². The number of aromatic amines is 1. The average Bonchev–Trinajstić information content (AvgIpc) is 2.71. The molecule has 0 aromatic carbocycles. The number of methoxy groups -OCH3 is 1. The summed E-state index contributed by atoms with van der Waals surface area (Å²) >= 11 is 0. The second-order valence-electron chi connectivity index (χ2n) is 3.10. The molecule has 1 heterocycles. The third-order valence-corrected chi connectivity index (χ3v) is 2.04. The minimum Gasteiger partial charge on any atom is -0.468 e. The Labute approximate surface area is 92.6 Å². The maximum atomic E-state index is 11.8. The third kappa shape index (κ3) is 2.72. The predicted molar refractivity (Wildman–Crippen MR) is 56.6 cm³/mol. The number of hydrogen-bond acceptors (Lipinski definition) is 5. The van der Waals surface area contributed by atoms with Gasteiger partial charge in [0.25, 0.3) is 5.91 Å². The minimum atomic E-state index is -0.470. The zero-order valence-electron chi connectivity index (χ0n) is 9.19. The van der Waals surface area contributed by atoms with Crippen LogP contribution in [0.4, 0.5) is 5.82 Å². The van der Waals surface area contributed by atoms with Crippen LogP contribution >= 0.6 is 0 Å². The number of nitrogens with one attached hydrogen (secondary N) is 1. The van der Waals surface area contributed by atoms with Crippen LogP contribution in [-0.2, 0) is 9.53 Å². The minimum absolute atomic E-state index is 0.0925. The van der Waals surface area contributed by atoms with Gasteiger partial charge in [-0.3, -0.25) is 14.7 Å². The molecule has 1 aromatic heterocycles. The highest BCUT2D eigenvalue weighted by atomic mass is 16.5. The van der Waals surface area contributed by atoms with Gasteiger partial charge in [0.15, 0.2) is 0 Å². The molecule has 7 nitrogen and oxygen atoms in total. The largest absolute Gasteiger partial charge is 0.468 e. The van der Waals surface area contributed by atoms with Crippen LogP contribution in [-0.4, -0.2) is 47.2 Å². The van der Waals surface area contributed by atoms with Crippen LogP contribution in [0.15, 0.2) is 6.07 Å². The van der Waals surface area contributed by atoms with Gasteiger partial charge in [0.2, 0.25) is 0 Å². The molecule has 88 valence electrons. The summed E-state index contributed by atoms with van der Waals surface area (Å²) in [6.07, 6.45) is 0. The molecule has 0 aliphatic rings. The van der Waals surface area contributed by atoms with E-state index in [1.807, 2.05) is 0 Å². The number of anilines is 1. The molecule has 0 atom stereocenters. The Kier molecular flexibility index (Phi) is 3.87. The zero-order valence-corrected chi connectivity index (χ0v) is 9.19. The Morgan fingerprint density at radius 2 is 2.31 bits per heavy atom. The molecule has 0 spiro atoms. The molecular formula is C9H14N4O3. The lowest BCUT2D eigenvalue weighted by Gasteiger charge is -2.18. The quantitative estimate of drug-likeness (QED) is 0.682. The smallest absolute Gasteiger partial charge is 0.325 e. The highest BCUT2D eigenvalue weighted by molar-refractivity contribution is 5.94. The van der Waals surface area contributed by atoms with Gasteiger partial charge in [-0.2, -0.15) is 5.10 Å². The van der Waals surface area contributed by atoms with E-state index >= 15 is 0 Å². The van der Waals surface area contributed by atoms with Crippen LogP contribution in [0.1, 0.15) is 17.4 Å². The van der Waals surface area contributed by atoms with Crippen LogP contribution in [0, 0.1) is 0 Å². The number of H-pyrrole nitrogens is 1. The molecule has 1 aromatic rings. The Balaban J connectivity index is 2.73. The van der Waals surface area contributed by atoms with E-state index in [2.05, 4.69) is 14.9 Å². The molecule has 7 heteroatoms. The van der Waals surface area contributed by atoms with Crippen molar-refractivity contribution in [1.29, 1.82) is 0 Å². The molecule has 0 saturated carbocycles. The number of likely N-dealkylation sites (N-methyl/N-ethyl adjacent to an activating group) is 1. The summed E-state index contributed by atoms with van der Waals surface area (Å²) in [5, 5.41) is 6.14. The van der Waals surface area contributed by atoms with Gasteiger partial charge >= 0.3 is 5.97 Å². The van der Waals surface area contributed by atoms with Crippen molar-refractivity contribution in [2.45, 2.75) is 6.92 Å². The number of hydrogen-bond donors (Lipinski definition) is 2. The highest BCUT2D eigenvalue weighted by Crippen LogP contribution is 2.05. The highest BCUT2D eigenvalue weighted by Gasteiger charge is 2.19. The SMILES string of the molecule is CCN(CC(=O)OC)C(=O)c1cc(N)n[nH]1. The third-order valence-electron chi connectivity index (χ3n) is 2.04. The lowest BCUT2D eigenvalue weighted by molar-refractivity contribution is -0.141. The van der Waals surface area contributed by atoms with Crippen LogP contribution in [0.2, 0.25) is 0 Å². The number of nitrogen functional groups attached to an aromatic ring is 1. The standard InChI is InChI=1S/C9H14N4O3/c1-3-13(5-8(14)16-2)9(15)6-4-7(10)12-11-6/h4H,3,5H2,1-2H3,(H3,10,11,12). The zero-order chi connectivity index (χ0) is 12.1. The molecule has 0 bridgehead atoms. The Morgan fingerprint density at radius 3 is 2.75 bits per heavy atom. The van der Waals surface area contributed by atoms with E-state index in [0.717, 1.165) is 0 Å². The molecule has 3 N–H and O–H groups in total. The fourth-order valence-corrected chi connectivity index (χ4v) is 1.16. The normalized spacial score (nSPS) is 9.88. The molecule has 0 radical (unpaired) electrons. The molecule has 16 heavy (non-hydrogen) atoms. The van der Waals surface area contributed by atoms with Gasteiger partial charge in [0, 0.05) is 12.6 Å². The molecule has 0 aliphatic heterocycles. The number of nitrogens with two attached hydrogens (primary N) is 1. The molecule has 0 fully saturated rings. The van der Waals surface area contributed by atoms with Crippen molar-refractivity contribution in [2.75, 3.05) is 25.9 Å². The van der Waals surface area contributed by atoms with Gasteiger partial charge in [-0.1, -0.05) is 0 Å². The first-order valence-corrected chi connectivity index (χ1v) is 4.75. The van der Waals surface area contributed by atoms with Gasteiger partial charge in [-0.05, 0) is 6.92 Å². The molecular weight excluding hydrogens is 212 g/mol. The number of nitrogens with zero attached hydrogens (tertiary/aromatic N) is 2. The van der Waals surface area contributed by atoms with Crippen molar-refractivity contribution >= 4 is 17.7 Å². The van der Waals surface area contributed by atoms with E-state index in [0.29, 0.717) is 6.54 Å². The van der Waals surface area contributed by atoms with Crippen LogP contribution < -0.4 is 5.73 Å². The molecule has 0 aliphatic carbocycles. The maximum Gasteiger partial charge on any atom is 0.325 e. The number of rotatable bonds is 4. The van der Waals surface area contributed by atoms with Gasteiger partial charge in [0.1, 0.15) is 18.1 Å². The topological polar surface area (TPSA) is 101 Å². The first-order chi connectivity index (χ1) is 7.58. The van der Waals surface area contributed by atoms with E-state index in [9.17, 15) is 9.59 Å². The van der Waals surface area contributed by atoms with Crippen LogP contribution in [0.25, 0.3) is 0 Å². The fourth-order valence-electron chi connectivity index (χ4n) is 1.16. The average molecular weight is 226 g/mol. The lowest BCUT2D eigenvalue weighted by Crippen LogP contribution is -2.36. The van der Waals surface area contributed by atoms with Crippen molar-refractivity contribution in [3.8, 4) is 0 Å². The maximum absolute atomic E-state index is 11.8. The lowest BCUT2D eigenvalue weighted by atomic mass is 10.3. The summed E-state index contributed by atoms with van der Waals surface area (Å²) in [5.41, 5.74) is 5.63. The summed E-state index contributed by atoms with van der Waals surface area (Å²) < 4.78 is 4.49. The summed E-state index contributed by atoms with van der Waals surface area (Å²) in [5.74, 6) is -0.572. The van der Waals surface area contributed by atoms with E-state index in [1.54, 1.807) is 6.92 Å². The number of carbonyl (C=O) groups is 2. The van der Waals surface area contributed by atoms with Crippen molar-refractivity contribution in [3.63, 3.8) is 0 Å². The number of carbonyl (C=O) groups excluding carboxylic acids is 2. The first-order valence-electron chi connectivity index (χ1n) is 4.75. The molecule has 0 saturated heterocycles. The molecule has 0 unspecified atom stereocenters. The first kappa shape index (κ1) is 12.0. The number of ether oxygens (including phenoxy) is 1. The van der Waals surface area contributed by atoms with Gasteiger partial charge in [0.05, 0.1) is 7.11 Å². The number of aromatic nitrogens is 2. The van der Waals surface area contributed by atoms with Crippen LogP contribution in [0.3, 0.4) is 0 Å². The van der Waals surface area contributed by atoms with Crippen LogP contribution in [0.5, 0.6) is 0 Å². The second kappa shape index (κ2) is 5.15. The Bertz CT molecular complexity index is 388. The van der Waals surface area contributed by atoms with E-state index in [-0.39, 0.29) is 24.0 Å². The summed E-state index contributed by atoms with van der Waals surface area (Å²) in [6.45, 7) is 2.07. The van der Waals surface area contributed by atoms with E-state index in [4.69, 9.17) is 5.73 Å². The fraction of sp³-hybridized carbons (Fsp3) is 0.444. The number of amides is 1. The van der Waals surface area contributed by atoms with E-state index in [1.165, 1.54) is 18.1 Å². The summed E-state index contributed by atoms with van der Waals surface area (Å²) in [4.78, 5) is 24.2. The molecule has 1 amide bonds. The van der Waals surface area contributed by atoms with Gasteiger partial charge < -0.3 is 15.4 Å². The number of esters is 1. The Morgan fingerprint density at radius 1 is 1.62 bits per heavy atom. The van der Waals surface area contributed by atoms with E-state index < -0.39 is 5.97 Å². The summed E-state index contributed by atoms with van der Waals surface area (Å²) in [7, 11) is 1.27. The van der Waals surface area contributed by atoms with Crippen molar-refractivity contribution in [1.82, 2.24) is 15.1 Å².